The Morgan fingerprint density at radius 2 is 2.04 bits per heavy atom. The molecule has 1 amide bonds. The summed E-state index contributed by atoms with van der Waals surface area (Å²) in [4.78, 5) is 22.7. The van der Waals surface area contributed by atoms with E-state index in [0.29, 0.717) is 35.2 Å². The number of hydrogen-bond donors (Lipinski definition) is 1. The molecule has 2 aromatic rings. The van der Waals surface area contributed by atoms with Crippen molar-refractivity contribution in [3.8, 4) is 0 Å². The van der Waals surface area contributed by atoms with Crippen LogP contribution in [0, 0.1) is 30.9 Å². The van der Waals surface area contributed by atoms with Gasteiger partial charge in [0.25, 0.3) is 0 Å². The van der Waals surface area contributed by atoms with Crippen LogP contribution in [0.4, 0.5) is 5.69 Å². The SMILES string of the molecule is Cc1nn(C(C)C(=O)NCCn2nc(C)c([N+](=O)[O-])c2C)cc1Cl. The first kappa shape index (κ1) is 17.9. The molecule has 0 spiro atoms. The number of nitrogens with zero attached hydrogens (tertiary/aromatic N) is 5. The lowest BCUT2D eigenvalue weighted by Gasteiger charge is -2.13. The first-order valence-electron chi connectivity index (χ1n) is 7.39. The van der Waals surface area contributed by atoms with Gasteiger partial charge in [0.1, 0.15) is 17.4 Å². The van der Waals surface area contributed by atoms with Gasteiger partial charge in [-0.15, -0.1) is 0 Å². The van der Waals surface area contributed by atoms with Crippen LogP contribution in [0.3, 0.4) is 0 Å². The molecule has 0 saturated carbocycles. The Morgan fingerprint density at radius 1 is 1.38 bits per heavy atom. The van der Waals surface area contributed by atoms with E-state index < -0.39 is 11.0 Å². The van der Waals surface area contributed by atoms with Gasteiger partial charge in [-0.3, -0.25) is 24.3 Å². The van der Waals surface area contributed by atoms with Crippen molar-refractivity contribution >= 4 is 23.2 Å². The van der Waals surface area contributed by atoms with Crippen LogP contribution in [0.25, 0.3) is 0 Å². The van der Waals surface area contributed by atoms with E-state index in [1.54, 1.807) is 33.9 Å². The minimum atomic E-state index is -0.508. The summed E-state index contributed by atoms with van der Waals surface area (Å²) < 4.78 is 3.02. The maximum atomic E-state index is 12.2. The number of aryl methyl sites for hydroxylation is 2. The van der Waals surface area contributed by atoms with E-state index in [9.17, 15) is 14.9 Å². The number of rotatable bonds is 6. The number of aromatic nitrogens is 4. The van der Waals surface area contributed by atoms with Crippen LogP contribution >= 0.6 is 11.6 Å². The molecular weight excluding hydrogens is 336 g/mol. The molecule has 0 fully saturated rings. The average Bonchev–Trinajstić information content (AvgIpc) is 2.98. The van der Waals surface area contributed by atoms with Gasteiger partial charge in [0.15, 0.2) is 0 Å². The first-order valence-corrected chi connectivity index (χ1v) is 7.77. The lowest BCUT2D eigenvalue weighted by molar-refractivity contribution is -0.386. The maximum absolute atomic E-state index is 12.2. The lowest BCUT2D eigenvalue weighted by Crippen LogP contribution is -2.33. The van der Waals surface area contributed by atoms with Crippen LogP contribution < -0.4 is 5.32 Å². The van der Waals surface area contributed by atoms with Crippen LogP contribution in [-0.2, 0) is 11.3 Å². The fraction of sp³-hybridized carbons (Fsp3) is 0.500. The number of carbonyl (C=O) groups excluding carboxylic acids is 1. The molecule has 0 aliphatic carbocycles. The molecule has 10 heteroatoms. The molecular formula is C14H19ClN6O3. The Balaban J connectivity index is 1.95. The Kier molecular flexibility index (Phi) is 5.23. The number of hydrogen-bond acceptors (Lipinski definition) is 5. The van der Waals surface area contributed by atoms with E-state index in [1.807, 2.05) is 0 Å². The summed E-state index contributed by atoms with van der Waals surface area (Å²) in [5, 5.41) is 22.6. The third-order valence-electron chi connectivity index (χ3n) is 3.78. The molecule has 0 bridgehead atoms. The summed E-state index contributed by atoms with van der Waals surface area (Å²) in [6.45, 7) is 7.35. The van der Waals surface area contributed by atoms with E-state index in [1.165, 1.54) is 9.36 Å². The summed E-state index contributed by atoms with van der Waals surface area (Å²) in [5.74, 6) is -0.217. The molecule has 0 saturated heterocycles. The second kappa shape index (κ2) is 7.00. The van der Waals surface area contributed by atoms with E-state index >= 15 is 0 Å². The van der Waals surface area contributed by atoms with Crippen LogP contribution in [0.5, 0.6) is 0 Å². The van der Waals surface area contributed by atoms with Gasteiger partial charge in [-0.05, 0) is 27.7 Å². The molecule has 24 heavy (non-hydrogen) atoms. The number of carbonyl (C=O) groups is 1. The van der Waals surface area contributed by atoms with Crippen molar-refractivity contribution in [3.05, 3.63) is 38.4 Å². The quantitative estimate of drug-likeness (QED) is 0.630. The molecule has 1 unspecified atom stereocenters. The number of amides is 1. The molecule has 2 heterocycles. The van der Waals surface area contributed by atoms with Crippen molar-refractivity contribution < 1.29 is 9.72 Å². The van der Waals surface area contributed by atoms with Gasteiger partial charge in [0, 0.05) is 12.7 Å². The van der Waals surface area contributed by atoms with Crippen LogP contribution in [0.2, 0.25) is 5.02 Å². The third kappa shape index (κ3) is 3.56. The molecule has 9 nitrogen and oxygen atoms in total. The highest BCUT2D eigenvalue weighted by atomic mass is 35.5. The monoisotopic (exact) mass is 354 g/mol. The average molecular weight is 355 g/mol. The Morgan fingerprint density at radius 3 is 2.54 bits per heavy atom. The molecule has 1 N–H and O–H groups in total. The summed E-state index contributed by atoms with van der Waals surface area (Å²) in [6.07, 6.45) is 1.60. The topological polar surface area (TPSA) is 108 Å². The summed E-state index contributed by atoms with van der Waals surface area (Å²) in [7, 11) is 0. The zero-order valence-corrected chi connectivity index (χ0v) is 14.7. The standard InChI is InChI=1S/C14H19ClN6O3/c1-8-12(15)7-20(17-8)11(4)14(22)16-5-6-19-10(3)13(21(23)24)9(2)18-19/h7,11H,5-6H2,1-4H3,(H,16,22). The molecule has 2 aromatic heterocycles. The Hall–Kier alpha value is -2.42. The summed E-state index contributed by atoms with van der Waals surface area (Å²) in [5.41, 5.74) is 1.50. The first-order chi connectivity index (χ1) is 11.2. The molecule has 0 radical (unpaired) electrons. The van der Waals surface area contributed by atoms with Gasteiger partial charge in [0.05, 0.1) is 22.2 Å². The van der Waals surface area contributed by atoms with Crippen molar-refractivity contribution in [2.75, 3.05) is 6.54 Å². The number of nitro groups is 1. The van der Waals surface area contributed by atoms with E-state index in [4.69, 9.17) is 11.6 Å². The third-order valence-corrected chi connectivity index (χ3v) is 4.15. The normalized spacial score (nSPS) is 12.2. The predicted octanol–water partition coefficient (Wildman–Crippen LogP) is 1.94. The number of nitrogens with one attached hydrogen (secondary N) is 1. The van der Waals surface area contributed by atoms with Gasteiger partial charge in [-0.2, -0.15) is 10.2 Å². The molecule has 130 valence electrons. The second-order valence-electron chi connectivity index (χ2n) is 5.51. The minimum Gasteiger partial charge on any atom is -0.352 e. The second-order valence-corrected chi connectivity index (χ2v) is 5.92. The zero-order valence-electron chi connectivity index (χ0n) is 13.9. The van der Waals surface area contributed by atoms with Gasteiger partial charge in [-0.25, -0.2) is 0 Å². The lowest BCUT2D eigenvalue weighted by atomic mass is 10.3. The molecule has 0 aromatic carbocycles. The fourth-order valence-corrected chi connectivity index (χ4v) is 2.52. The fourth-order valence-electron chi connectivity index (χ4n) is 2.38. The van der Waals surface area contributed by atoms with Gasteiger partial charge < -0.3 is 5.32 Å². The van der Waals surface area contributed by atoms with Crippen molar-refractivity contribution in [2.24, 2.45) is 0 Å². The molecule has 1 atom stereocenters. The van der Waals surface area contributed by atoms with Gasteiger partial charge >= 0.3 is 5.69 Å². The van der Waals surface area contributed by atoms with Gasteiger partial charge in [0.2, 0.25) is 5.91 Å². The molecule has 2 rings (SSSR count). The summed E-state index contributed by atoms with van der Waals surface area (Å²) in [6, 6.07) is -0.508. The Bertz CT molecular complexity index is 762. The maximum Gasteiger partial charge on any atom is 0.312 e. The van der Waals surface area contributed by atoms with Crippen molar-refractivity contribution in [1.29, 1.82) is 0 Å². The van der Waals surface area contributed by atoms with E-state index in [2.05, 4.69) is 15.5 Å². The smallest absolute Gasteiger partial charge is 0.312 e. The van der Waals surface area contributed by atoms with Crippen LogP contribution in [-0.4, -0.2) is 36.9 Å². The van der Waals surface area contributed by atoms with E-state index in [0.717, 1.165) is 0 Å². The number of halogens is 1. The highest BCUT2D eigenvalue weighted by Crippen LogP contribution is 2.21. The van der Waals surface area contributed by atoms with Crippen LogP contribution in [0.15, 0.2) is 6.20 Å². The van der Waals surface area contributed by atoms with Crippen molar-refractivity contribution in [2.45, 2.75) is 40.3 Å². The molecule has 0 aliphatic heterocycles. The largest absolute Gasteiger partial charge is 0.352 e. The highest BCUT2D eigenvalue weighted by molar-refractivity contribution is 6.31. The predicted molar refractivity (Wildman–Crippen MR) is 88.1 cm³/mol. The summed E-state index contributed by atoms with van der Waals surface area (Å²) >= 11 is 5.94. The van der Waals surface area contributed by atoms with Crippen molar-refractivity contribution in [3.63, 3.8) is 0 Å². The van der Waals surface area contributed by atoms with Crippen LogP contribution in [0.1, 0.15) is 30.0 Å². The highest BCUT2D eigenvalue weighted by Gasteiger charge is 2.22. The van der Waals surface area contributed by atoms with E-state index in [-0.39, 0.29) is 11.6 Å². The molecule has 0 aliphatic rings. The van der Waals surface area contributed by atoms with Gasteiger partial charge in [-0.1, -0.05) is 11.6 Å². The zero-order chi connectivity index (χ0) is 18.0. The Labute approximate surface area is 143 Å². The minimum absolute atomic E-state index is 0.0105. The van der Waals surface area contributed by atoms with Crippen molar-refractivity contribution in [1.82, 2.24) is 24.9 Å².